The lowest BCUT2D eigenvalue weighted by atomic mass is 9.97. The SMILES string of the molecule is NC(Cc1cccc(F)c1)c1cc(Br)cc2c1OCC2. The largest absolute Gasteiger partial charge is 0.493 e. The standard InChI is InChI=1S/C16H15BrFNO/c17-12-8-11-4-5-20-16(11)14(9-12)15(19)7-10-2-1-3-13(18)6-10/h1-3,6,8-9,15H,4-5,7,19H2. The van der Waals surface area contributed by atoms with Crippen LogP contribution < -0.4 is 10.5 Å². The number of fused-ring (bicyclic) bond motifs is 1. The summed E-state index contributed by atoms with van der Waals surface area (Å²) >= 11 is 3.51. The monoisotopic (exact) mass is 335 g/mol. The first-order valence-corrected chi connectivity index (χ1v) is 7.38. The van der Waals surface area contributed by atoms with Crippen molar-refractivity contribution in [2.24, 2.45) is 5.73 Å². The van der Waals surface area contributed by atoms with E-state index >= 15 is 0 Å². The summed E-state index contributed by atoms with van der Waals surface area (Å²) in [4.78, 5) is 0. The van der Waals surface area contributed by atoms with Crippen LogP contribution in [0.3, 0.4) is 0 Å². The second kappa shape index (κ2) is 5.54. The second-order valence-corrected chi connectivity index (χ2v) is 5.94. The van der Waals surface area contributed by atoms with Gasteiger partial charge in [-0.3, -0.25) is 0 Å². The van der Waals surface area contributed by atoms with Gasteiger partial charge in [-0.1, -0.05) is 28.1 Å². The molecule has 0 spiro atoms. The summed E-state index contributed by atoms with van der Waals surface area (Å²) in [5.74, 6) is 0.669. The van der Waals surface area contributed by atoms with Crippen molar-refractivity contribution in [2.45, 2.75) is 18.9 Å². The molecule has 0 aromatic heterocycles. The molecule has 1 aliphatic heterocycles. The number of halogens is 2. The van der Waals surface area contributed by atoms with Crippen molar-refractivity contribution in [1.82, 2.24) is 0 Å². The summed E-state index contributed by atoms with van der Waals surface area (Å²) in [6.07, 6.45) is 1.50. The van der Waals surface area contributed by atoms with E-state index in [0.717, 1.165) is 27.8 Å². The second-order valence-electron chi connectivity index (χ2n) is 5.02. The molecule has 0 saturated carbocycles. The van der Waals surface area contributed by atoms with Gasteiger partial charge in [0.05, 0.1) is 6.61 Å². The van der Waals surface area contributed by atoms with Crippen molar-refractivity contribution in [2.75, 3.05) is 6.61 Å². The van der Waals surface area contributed by atoms with Crippen molar-refractivity contribution in [1.29, 1.82) is 0 Å². The third kappa shape index (κ3) is 2.72. The highest BCUT2D eigenvalue weighted by Gasteiger charge is 2.21. The molecule has 1 atom stereocenters. The van der Waals surface area contributed by atoms with Crippen LogP contribution in [0.4, 0.5) is 4.39 Å². The van der Waals surface area contributed by atoms with Gasteiger partial charge in [0.1, 0.15) is 11.6 Å². The zero-order valence-corrected chi connectivity index (χ0v) is 12.5. The Labute approximate surface area is 125 Å². The van der Waals surface area contributed by atoms with Crippen LogP contribution in [-0.4, -0.2) is 6.61 Å². The summed E-state index contributed by atoms with van der Waals surface area (Å²) in [6, 6.07) is 10.4. The molecule has 0 radical (unpaired) electrons. The van der Waals surface area contributed by atoms with Crippen LogP contribution in [-0.2, 0) is 12.8 Å². The maximum Gasteiger partial charge on any atom is 0.127 e. The Hall–Kier alpha value is -1.39. The lowest BCUT2D eigenvalue weighted by Gasteiger charge is -2.16. The van der Waals surface area contributed by atoms with E-state index in [1.54, 1.807) is 6.07 Å². The van der Waals surface area contributed by atoms with Crippen molar-refractivity contribution in [3.63, 3.8) is 0 Å². The molecule has 1 unspecified atom stereocenters. The van der Waals surface area contributed by atoms with E-state index < -0.39 is 0 Å². The quantitative estimate of drug-likeness (QED) is 0.926. The average molecular weight is 336 g/mol. The molecule has 2 nitrogen and oxygen atoms in total. The van der Waals surface area contributed by atoms with Crippen LogP contribution in [0.15, 0.2) is 40.9 Å². The van der Waals surface area contributed by atoms with E-state index in [-0.39, 0.29) is 11.9 Å². The van der Waals surface area contributed by atoms with Crippen molar-refractivity contribution >= 4 is 15.9 Å². The van der Waals surface area contributed by atoms with Gasteiger partial charge in [0, 0.05) is 22.5 Å². The molecule has 20 heavy (non-hydrogen) atoms. The van der Waals surface area contributed by atoms with Gasteiger partial charge in [0.25, 0.3) is 0 Å². The van der Waals surface area contributed by atoms with Crippen LogP contribution in [0, 0.1) is 5.82 Å². The molecular formula is C16H15BrFNO. The fourth-order valence-corrected chi connectivity index (χ4v) is 3.12. The molecule has 104 valence electrons. The van der Waals surface area contributed by atoms with Crippen LogP contribution in [0.5, 0.6) is 5.75 Å². The minimum atomic E-state index is -0.231. The third-order valence-electron chi connectivity index (χ3n) is 3.52. The predicted molar refractivity (Wildman–Crippen MR) is 80.4 cm³/mol. The normalized spacial score (nSPS) is 14.8. The Morgan fingerprint density at radius 3 is 2.95 bits per heavy atom. The summed E-state index contributed by atoms with van der Waals surface area (Å²) in [5.41, 5.74) is 9.36. The molecule has 2 N–H and O–H groups in total. The first-order chi connectivity index (χ1) is 9.63. The topological polar surface area (TPSA) is 35.2 Å². The molecule has 0 fully saturated rings. The van der Waals surface area contributed by atoms with E-state index in [9.17, 15) is 4.39 Å². The number of hydrogen-bond donors (Lipinski definition) is 1. The van der Waals surface area contributed by atoms with Crippen LogP contribution in [0.2, 0.25) is 0 Å². The van der Waals surface area contributed by atoms with E-state index in [1.807, 2.05) is 12.1 Å². The molecule has 2 aromatic carbocycles. The van der Waals surface area contributed by atoms with Crippen LogP contribution >= 0.6 is 15.9 Å². The molecule has 1 aliphatic rings. The molecule has 0 amide bonds. The van der Waals surface area contributed by atoms with Crippen molar-refractivity contribution in [3.05, 3.63) is 63.4 Å². The van der Waals surface area contributed by atoms with E-state index in [2.05, 4.69) is 22.0 Å². The fraction of sp³-hybridized carbons (Fsp3) is 0.250. The maximum absolute atomic E-state index is 13.2. The fourth-order valence-electron chi connectivity index (χ4n) is 2.60. The first kappa shape index (κ1) is 13.6. The van der Waals surface area contributed by atoms with Gasteiger partial charge in [-0.15, -0.1) is 0 Å². The molecule has 0 aliphatic carbocycles. The predicted octanol–water partition coefficient (Wildman–Crippen LogP) is 3.77. The molecule has 0 saturated heterocycles. The highest BCUT2D eigenvalue weighted by Crippen LogP contribution is 2.36. The molecule has 0 bridgehead atoms. The van der Waals surface area contributed by atoms with Crippen LogP contribution in [0.25, 0.3) is 0 Å². The molecule has 4 heteroatoms. The zero-order chi connectivity index (χ0) is 14.1. The van der Waals surface area contributed by atoms with E-state index in [0.29, 0.717) is 13.0 Å². The number of ether oxygens (including phenoxy) is 1. The lowest BCUT2D eigenvalue weighted by molar-refractivity contribution is 0.351. The third-order valence-corrected chi connectivity index (χ3v) is 3.98. The van der Waals surface area contributed by atoms with Crippen molar-refractivity contribution < 1.29 is 9.13 Å². The lowest BCUT2D eigenvalue weighted by Crippen LogP contribution is -2.14. The number of nitrogens with two attached hydrogens (primary N) is 1. The Morgan fingerprint density at radius 1 is 1.30 bits per heavy atom. The number of benzene rings is 2. The van der Waals surface area contributed by atoms with Gasteiger partial charge in [-0.05, 0) is 41.8 Å². The molecule has 3 rings (SSSR count). The summed E-state index contributed by atoms with van der Waals surface area (Å²) in [7, 11) is 0. The summed E-state index contributed by atoms with van der Waals surface area (Å²) in [6.45, 7) is 0.700. The average Bonchev–Trinajstić information content (AvgIpc) is 2.85. The maximum atomic E-state index is 13.2. The van der Waals surface area contributed by atoms with Gasteiger partial charge in [-0.25, -0.2) is 4.39 Å². The van der Waals surface area contributed by atoms with Crippen LogP contribution in [0.1, 0.15) is 22.7 Å². The van der Waals surface area contributed by atoms with Gasteiger partial charge in [0.2, 0.25) is 0 Å². The van der Waals surface area contributed by atoms with Crippen molar-refractivity contribution in [3.8, 4) is 5.75 Å². The van der Waals surface area contributed by atoms with Gasteiger partial charge >= 0.3 is 0 Å². The highest BCUT2D eigenvalue weighted by molar-refractivity contribution is 9.10. The minimum Gasteiger partial charge on any atom is -0.493 e. The Kier molecular flexibility index (Phi) is 3.76. The smallest absolute Gasteiger partial charge is 0.127 e. The zero-order valence-electron chi connectivity index (χ0n) is 10.9. The summed E-state index contributed by atoms with van der Waals surface area (Å²) < 4.78 is 19.9. The van der Waals surface area contributed by atoms with Gasteiger partial charge in [-0.2, -0.15) is 0 Å². The highest BCUT2D eigenvalue weighted by atomic mass is 79.9. The van der Waals surface area contributed by atoms with Gasteiger partial charge in [0.15, 0.2) is 0 Å². The molecular weight excluding hydrogens is 321 g/mol. The number of hydrogen-bond acceptors (Lipinski definition) is 2. The first-order valence-electron chi connectivity index (χ1n) is 6.58. The van der Waals surface area contributed by atoms with E-state index in [4.69, 9.17) is 10.5 Å². The Bertz CT molecular complexity index is 644. The minimum absolute atomic E-state index is 0.207. The molecule has 2 aromatic rings. The Balaban J connectivity index is 1.89. The van der Waals surface area contributed by atoms with E-state index in [1.165, 1.54) is 17.7 Å². The van der Waals surface area contributed by atoms with Gasteiger partial charge < -0.3 is 10.5 Å². The number of rotatable bonds is 3. The molecule has 1 heterocycles. The summed E-state index contributed by atoms with van der Waals surface area (Å²) in [5, 5.41) is 0. The Morgan fingerprint density at radius 2 is 2.15 bits per heavy atom.